The van der Waals surface area contributed by atoms with Crippen molar-refractivity contribution in [3.8, 4) is 0 Å². The Hall–Kier alpha value is -3.79. The van der Waals surface area contributed by atoms with Crippen molar-refractivity contribution in [2.45, 2.75) is 31.2 Å². The largest absolute Gasteiger partial charge is 0.368 e. The van der Waals surface area contributed by atoms with Crippen molar-refractivity contribution in [3.63, 3.8) is 0 Å². The molecule has 0 fully saturated rings. The molecule has 0 aliphatic heterocycles. The fourth-order valence-corrected chi connectivity index (χ4v) is 4.29. The number of para-hydroxylation sites is 2. The first-order valence-corrected chi connectivity index (χ1v) is 11.2. The first-order valence-electron chi connectivity index (χ1n) is 10.2. The van der Waals surface area contributed by atoms with Gasteiger partial charge in [0.15, 0.2) is 10.8 Å². The lowest BCUT2D eigenvalue weighted by Crippen LogP contribution is -2.08. The van der Waals surface area contributed by atoms with Gasteiger partial charge in [0.05, 0.1) is 11.3 Å². The minimum atomic E-state index is 0.167. The van der Waals surface area contributed by atoms with E-state index in [-0.39, 0.29) is 5.95 Å². The Morgan fingerprint density at radius 1 is 0.969 bits per heavy atom. The number of nitrogens with zero attached hydrogens (tertiary/aromatic N) is 7. The molecule has 3 N–H and O–H groups in total. The van der Waals surface area contributed by atoms with E-state index in [0.29, 0.717) is 28.5 Å². The summed E-state index contributed by atoms with van der Waals surface area (Å²) in [5, 5.41) is 9.46. The zero-order valence-electron chi connectivity index (χ0n) is 17.6. The highest BCUT2D eigenvalue weighted by Crippen LogP contribution is 2.26. The lowest BCUT2D eigenvalue weighted by atomic mass is 10.1. The Morgan fingerprint density at radius 2 is 1.78 bits per heavy atom. The molecule has 32 heavy (non-hydrogen) atoms. The minimum Gasteiger partial charge on any atom is -0.368 e. The number of hydrogen-bond acceptors (Lipinski definition) is 9. The maximum absolute atomic E-state index is 5.97. The van der Waals surface area contributed by atoms with Crippen LogP contribution in [0.1, 0.15) is 24.1 Å². The SMILES string of the molecule is CCc1ccccc1Nc1nc(N)nc(CSc2nc3ccccc3c3nc(C)nn23)n1. The van der Waals surface area contributed by atoms with Gasteiger partial charge in [-0.25, -0.2) is 9.97 Å². The predicted octanol–water partition coefficient (Wildman–Crippen LogP) is 3.95. The molecule has 0 aliphatic rings. The molecular formula is C22H21N9S. The van der Waals surface area contributed by atoms with Crippen LogP contribution in [-0.4, -0.2) is 34.5 Å². The van der Waals surface area contributed by atoms with Gasteiger partial charge in [0, 0.05) is 11.1 Å². The van der Waals surface area contributed by atoms with E-state index in [9.17, 15) is 0 Å². The van der Waals surface area contributed by atoms with Crippen LogP contribution in [0.5, 0.6) is 0 Å². The van der Waals surface area contributed by atoms with Crippen molar-refractivity contribution < 1.29 is 0 Å². The zero-order valence-corrected chi connectivity index (χ0v) is 18.5. The molecule has 5 aromatic rings. The number of thioether (sulfide) groups is 1. The number of nitrogens with one attached hydrogen (secondary N) is 1. The quantitative estimate of drug-likeness (QED) is 0.297. The smallest absolute Gasteiger partial charge is 0.232 e. The van der Waals surface area contributed by atoms with Gasteiger partial charge >= 0.3 is 0 Å². The van der Waals surface area contributed by atoms with E-state index in [4.69, 9.17) is 10.7 Å². The Morgan fingerprint density at radius 3 is 2.66 bits per heavy atom. The lowest BCUT2D eigenvalue weighted by Gasteiger charge is -2.11. The second-order valence-electron chi connectivity index (χ2n) is 7.16. The molecule has 3 aromatic heterocycles. The molecule has 0 spiro atoms. The minimum absolute atomic E-state index is 0.167. The molecule has 2 aromatic carbocycles. The summed E-state index contributed by atoms with van der Waals surface area (Å²) < 4.78 is 1.77. The van der Waals surface area contributed by atoms with E-state index in [0.717, 1.165) is 28.7 Å². The van der Waals surface area contributed by atoms with Gasteiger partial charge in [-0.2, -0.15) is 19.5 Å². The summed E-state index contributed by atoms with van der Waals surface area (Å²) in [5.74, 6) is 2.29. The highest BCUT2D eigenvalue weighted by atomic mass is 32.2. The number of anilines is 3. The van der Waals surface area contributed by atoms with Crippen LogP contribution in [0.2, 0.25) is 0 Å². The van der Waals surface area contributed by atoms with Gasteiger partial charge in [0.25, 0.3) is 0 Å². The molecular weight excluding hydrogens is 422 g/mol. The maximum atomic E-state index is 5.97. The summed E-state index contributed by atoms with van der Waals surface area (Å²) >= 11 is 1.48. The molecule has 0 radical (unpaired) electrons. The molecule has 10 heteroatoms. The van der Waals surface area contributed by atoms with E-state index in [1.165, 1.54) is 17.3 Å². The van der Waals surface area contributed by atoms with Crippen molar-refractivity contribution in [1.82, 2.24) is 34.5 Å². The van der Waals surface area contributed by atoms with Crippen LogP contribution >= 0.6 is 11.8 Å². The van der Waals surface area contributed by atoms with Gasteiger partial charge in [-0.1, -0.05) is 49.0 Å². The summed E-state index contributed by atoms with van der Waals surface area (Å²) in [4.78, 5) is 22.5. The van der Waals surface area contributed by atoms with Crippen LogP contribution in [0.15, 0.2) is 53.7 Å². The maximum Gasteiger partial charge on any atom is 0.232 e. The van der Waals surface area contributed by atoms with Gasteiger partial charge in [-0.15, -0.1) is 5.10 Å². The highest BCUT2D eigenvalue weighted by molar-refractivity contribution is 7.98. The average molecular weight is 444 g/mol. The first kappa shape index (κ1) is 20.1. The summed E-state index contributed by atoms with van der Waals surface area (Å²) in [6, 6.07) is 15.9. The molecule has 0 unspecified atom stereocenters. The van der Waals surface area contributed by atoms with E-state index < -0.39 is 0 Å². The van der Waals surface area contributed by atoms with Gasteiger partial charge in [0.1, 0.15) is 11.6 Å². The van der Waals surface area contributed by atoms with Crippen LogP contribution < -0.4 is 11.1 Å². The number of rotatable bonds is 6. The third-order valence-corrected chi connectivity index (χ3v) is 5.85. The normalized spacial score (nSPS) is 11.3. The molecule has 0 saturated heterocycles. The van der Waals surface area contributed by atoms with Gasteiger partial charge in [-0.05, 0) is 37.1 Å². The second kappa shape index (κ2) is 8.39. The third-order valence-electron chi connectivity index (χ3n) is 4.93. The zero-order chi connectivity index (χ0) is 22.1. The molecule has 0 saturated carbocycles. The summed E-state index contributed by atoms with van der Waals surface area (Å²) in [6.07, 6.45) is 0.896. The number of nitrogens with two attached hydrogens (primary N) is 1. The van der Waals surface area contributed by atoms with Crippen molar-refractivity contribution in [1.29, 1.82) is 0 Å². The Labute approximate surface area is 188 Å². The van der Waals surface area contributed by atoms with Gasteiger partial charge in [0.2, 0.25) is 11.9 Å². The van der Waals surface area contributed by atoms with Crippen LogP contribution in [0.4, 0.5) is 17.6 Å². The van der Waals surface area contributed by atoms with Crippen LogP contribution in [0.3, 0.4) is 0 Å². The van der Waals surface area contributed by atoms with E-state index in [2.05, 4.69) is 43.3 Å². The number of nitrogen functional groups attached to an aromatic ring is 1. The first-order chi connectivity index (χ1) is 15.6. The van der Waals surface area contributed by atoms with Crippen LogP contribution in [-0.2, 0) is 12.2 Å². The molecule has 160 valence electrons. The fraction of sp³-hybridized carbons (Fsp3) is 0.182. The van der Waals surface area contributed by atoms with Crippen LogP contribution in [0, 0.1) is 6.92 Å². The third kappa shape index (κ3) is 3.92. The molecule has 0 amide bonds. The number of benzene rings is 2. The lowest BCUT2D eigenvalue weighted by molar-refractivity contribution is 0.796. The molecule has 9 nitrogen and oxygen atoms in total. The van der Waals surface area contributed by atoms with Crippen molar-refractivity contribution >= 4 is 45.9 Å². The van der Waals surface area contributed by atoms with E-state index in [1.54, 1.807) is 4.52 Å². The highest BCUT2D eigenvalue weighted by Gasteiger charge is 2.14. The number of fused-ring (bicyclic) bond motifs is 3. The second-order valence-corrected chi connectivity index (χ2v) is 8.11. The number of hydrogen-bond donors (Lipinski definition) is 2. The van der Waals surface area contributed by atoms with E-state index in [1.807, 2.05) is 49.4 Å². The van der Waals surface area contributed by atoms with Crippen molar-refractivity contribution in [3.05, 3.63) is 65.7 Å². The van der Waals surface area contributed by atoms with Crippen LogP contribution in [0.25, 0.3) is 16.6 Å². The van der Waals surface area contributed by atoms with Gasteiger partial charge in [-0.3, -0.25) is 0 Å². The van der Waals surface area contributed by atoms with Crippen molar-refractivity contribution in [2.24, 2.45) is 0 Å². The summed E-state index contributed by atoms with van der Waals surface area (Å²) in [5.41, 5.74) is 9.74. The Bertz CT molecular complexity index is 1430. The monoisotopic (exact) mass is 443 g/mol. The van der Waals surface area contributed by atoms with Gasteiger partial charge < -0.3 is 11.1 Å². The predicted molar refractivity (Wildman–Crippen MR) is 126 cm³/mol. The standard InChI is InChI=1S/C22H21N9S/c1-3-14-8-4-6-10-16(14)25-21-28-18(27-20(23)29-21)12-32-22-26-17-11-7-5-9-15(17)19-24-13(2)30-31(19)22/h4-11H,3,12H2,1-2H3,(H3,23,25,27,28,29). The molecule has 5 rings (SSSR count). The average Bonchev–Trinajstić information content (AvgIpc) is 3.19. The fourth-order valence-electron chi connectivity index (χ4n) is 3.49. The number of aromatic nitrogens is 7. The molecule has 0 atom stereocenters. The Kier molecular flexibility index (Phi) is 5.28. The summed E-state index contributed by atoms with van der Waals surface area (Å²) in [6.45, 7) is 3.97. The molecule has 3 heterocycles. The Balaban J connectivity index is 1.44. The molecule has 0 aliphatic carbocycles. The van der Waals surface area contributed by atoms with Crippen molar-refractivity contribution in [2.75, 3.05) is 11.1 Å². The topological polar surface area (TPSA) is 120 Å². The molecule has 0 bridgehead atoms. The summed E-state index contributed by atoms with van der Waals surface area (Å²) in [7, 11) is 0. The van der Waals surface area contributed by atoms with E-state index >= 15 is 0 Å². The number of aryl methyl sites for hydroxylation is 2.